The molecular weight excluding hydrogens is 224 g/mol. The standard InChI is InChI=1S/C16H14O2/c17-16(18)14-8-7-12-6-5-11-3-1-2-4-13(11)9-15(12)10-14/h1-4,7-8,10H,5-6,9H2,(H,17,18). The van der Waals surface area contributed by atoms with Gasteiger partial charge in [-0.25, -0.2) is 4.79 Å². The zero-order valence-electron chi connectivity index (χ0n) is 10.0. The van der Waals surface area contributed by atoms with E-state index in [0.29, 0.717) is 5.56 Å². The maximum absolute atomic E-state index is 11.0. The van der Waals surface area contributed by atoms with E-state index in [-0.39, 0.29) is 0 Å². The van der Waals surface area contributed by atoms with Gasteiger partial charge in [-0.2, -0.15) is 0 Å². The molecule has 0 unspecified atom stereocenters. The second-order valence-corrected chi connectivity index (χ2v) is 4.73. The van der Waals surface area contributed by atoms with Crippen molar-refractivity contribution >= 4 is 5.97 Å². The van der Waals surface area contributed by atoms with Crippen molar-refractivity contribution in [3.05, 3.63) is 70.3 Å². The Kier molecular flexibility index (Phi) is 2.63. The Hall–Kier alpha value is -2.09. The van der Waals surface area contributed by atoms with Gasteiger partial charge in [0.15, 0.2) is 0 Å². The summed E-state index contributed by atoms with van der Waals surface area (Å²) in [6.07, 6.45) is 2.87. The monoisotopic (exact) mass is 238 g/mol. The highest BCUT2D eigenvalue weighted by atomic mass is 16.4. The zero-order chi connectivity index (χ0) is 12.5. The van der Waals surface area contributed by atoms with E-state index in [2.05, 4.69) is 18.2 Å². The zero-order valence-corrected chi connectivity index (χ0v) is 10.0. The summed E-state index contributed by atoms with van der Waals surface area (Å²) in [5, 5.41) is 9.05. The summed E-state index contributed by atoms with van der Waals surface area (Å²) in [6, 6.07) is 13.9. The van der Waals surface area contributed by atoms with Crippen molar-refractivity contribution in [1.29, 1.82) is 0 Å². The highest BCUT2D eigenvalue weighted by molar-refractivity contribution is 5.88. The molecule has 2 heteroatoms. The van der Waals surface area contributed by atoms with Crippen LogP contribution < -0.4 is 0 Å². The van der Waals surface area contributed by atoms with E-state index in [4.69, 9.17) is 5.11 Å². The first-order valence-electron chi connectivity index (χ1n) is 6.16. The number of rotatable bonds is 1. The molecular formula is C16H14O2. The first-order chi connectivity index (χ1) is 8.74. The van der Waals surface area contributed by atoms with E-state index in [9.17, 15) is 4.79 Å². The van der Waals surface area contributed by atoms with Gasteiger partial charge in [-0.3, -0.25) is 0 Å². The van der Waals surface area contributed by atoms with Gasteiger partial charge in [0.2, 0.25) is 0 Å². The molecule has 90 valence electrons. The molecule has 1 aliphatic rings. The van der Waals surface area contributed by atoms with Crippen LogP contribution in [-0.2, 0) is 19.3 Å². The Labute approximate surface area is 106 Å². The van der Waals surface area contributed by atoms with Crippen molar-refractivity contribution in [2.24, 2.45) is 0 Å². The molecule has 0 atom stereocenters. The molecule has 0 saturated carbocycles. The van der Waals surface area contributed by atoms with E-state index in [1.54, 1.807) is 6.07 Å². The molecule has 2 aromatic carbocycles. The van der Waals surface area contributed by atoms with Crippen LogP contribution in [0.4, 0.5) is 0 Å². The van der Waals surface area contributed by atoms with Gasteiger partial charge in [-0.05, 0) is 53.6 Å². The van der Waals surface area contributed by atoms with Crippen molar-refractivity contribution in [2.45, 2.75) is 19.3 Å². The third-order valence-corrected chi connectivity index (χ3v) is 3.62. The fourth-order valence-corrected chi connectivity index (χ4v) is 2.62. The minimum atomic E-state index is -0.852. The largest absolute Gasteiger partial charge is 0.478 e. The van der Waals surface area contributed by atoms with Gasteiger partial charge < -0.3 is 5.11 Å². The predicted molar refractivity (Wildman–Crippen MR) is 70.1 cm³/mol. The molecule has 2 nitrogen and oxygen atoms in total. The fourth-order valence-electron chi connectivity index (χ4n) is 2.62. The number of aromatic carboxylic acids is 1. The van der Waals surface area contributed by atoms with E-state index >= 15 is 0 Å². The molecule has 0 amide bonds. The number of hydrogen-bond acceptors (Lipinski definition) is 1. The van der Waals surface area contributed by atoms with Crippen LogP contribution in [0.5, 0.6) is 0 Å². The molecule has 18 heavy (non-hydrogen) atoms. The van der Waals surface area contributed by atoms with Gasteiger partial charge in [0.05, 0.1) is 5.56 Å². The van der Waals surface area contributed by atoms with Crippen LogP contribution in [0.15, 0.2) is 42.5 Å². The lowest BCUT2D eigenvalue weighted by Crippen LogP contribution is -2.00. The van der Waals surface area contributed by atoms with Crippen LogP contribution in [0.1, 0.15) is 32.6 Å². The second kappa shape index (κ2) is 4.30. The first kappa shape index (κ1) is 11.0. The highest BCUT2D eigenvalue weighted by Gasteiger charge is 2.14. The summed E-state index contributed by atoms with van der Waals surface area (Å²) < 4.78 is 0. The number of fused-ring (bicyclic) bond motifs is 2. The van der Waals surface area contributed by atoms with Crippen molar-refractivity contribution in [1.82, 2.24) is 0 Å². The summed E-state index contributed by atoms with van der Waals surface area (Å²) in [5.74, 6) is -0.852. The average Bonchev–Trinajstić information content (AvgIpc) is 2.56. The lowest BCUT2D eigenvalue weighted by molar-refractivity contribution is 0.0697. The molecule has 0 aliphatic heterocycles. The summed E-state index contributed by atoms with van der Waals surface area (Å²) >= 11 is 0. The number of carboxylic acids is 1. The van der Waals surface area contributed by atoms with E-state index in [0.717, 1.165) is 24.8 Å². The maximum Gasteiger partial charge on any atom is 0.335 e. The molecule has 1 aliphatic carbocycles. The van der Waals surface area contributed by atoms with Crippen LogP contribution in [-0.4, -0.2) is 11.1 Å². The minimum Gasteiger partial charge on any atom is -0.478 e. The van der Waals surface area contributed by atoms with Crippen molar-refractivity contribution in [3.8, 4) is 0 Å². The van der Waals surface area contributed by atoms with Crippen molar-refractivity contribution in [3.63, 3.8) is 0 Å². The molecule has 0 bridgehead atoms. The molecule has 2 aromatic rings. The average molecular weight is 238 g/mol. The SMILES string of the molecule is O=C(O)c1ccc2c(c1)Cc1ccccc1CC2. The van der Waals surface area contributed by atoms with Gasteiger partial charge in [-0.15, -0.1) is 0 Å². The molecule has 0 spiro atoms. The van der Waals surface area contributed by atoms with Gasteiger partial charge in [0, 0.05) is 0 Å². The number of carboxylic acid groups (broad SMARTS) is 1. The van der Waals surface area contributed by atoms with Gasteiger partial charge in [0.1, 0.15) is 0 Å². The molecule has 0 aromatic heterocycles. The third-order valence-electron chi connectivity index (χ3n) is 3.62. The second-order valence-electron chi connectivity index (χ2n) is 4.73. The van der Waals surface area contributed by atoms with Crippen LogP contribution in [0.3, 0.4) is 0 Å². The Bertz CT molecular complexity index is 614. The number of aryl methyl sites for hydroxylation is 2. The van der Waals surface area contributed by atoms with Crippen LogP contribution in [0.2, 0.25) is 0 Å². The lowest BCUT2D eigenvalue weighted by Gasteiger charge is -2.07. The van der Waals surface area contributed by atoms with Crippen molar-refractivity contribution in [2.75, 3.05) is 0 Å². The molecule has 0 heterocycles. The Morgan fingerprint density at radius 2 is 1.56 bits per heavy atom. The van der Waals surface area contributed by atoms with Crippen molar-refractivity contribution < 1.29 is 9.90 Å². The highest BCUT2D eigenvalue weighted by Crippen LogP contribution is 2.25. The fraction of sp³-hybridized carbons (Fsp3) is 0.188. The Morgan fingerprint density at radius 1 is 0.889 bits per heavy atom. The number of benzene rings is 2. The molecule has 0 fully saturated rings. The van der Waals surface area contributed by atoms with Gasteiger partial charge in [-0.1, -0.05) is 30.3 Å². The van der Waals surface area contributed by atoms with Gasteiger partial charge in [0.25, 0.3) is 0 Å². The van der Waals surface area contributed by atoms with E-state index < -0.39 is 5.97 Å². The minimum absolute atomic E-state index is 0.383. The van der Waals surface area contributed by atoms with Crippen LogP contribution >= 0.6 is 0 Å². The van der Waals surface area contributed by atoms with Gasteiger partial charge >= 0.3 is 5.97 Å². The Balaban J connectivity index is 2.07. The van der Waals surface area contributed by atoms with Crippen LogP contribution in [0, 0.1) is 0 Å². The topological polar surface area (TPSA) is 37.3 Å². The summed E-state index contributed by atoms with van der Waals surface area (Å²) in [6.45, 7) is 0. The maximum atomic E-state index is 11.0. The number of hydrogen-bond donors (Lipinski definition) is 1. The van der Waals surface area contributed by atoms with Crippen LogP contribution in [0.25, 0.3) is 0 Å². The number of carbonyl (C=O) groups is 1. The smallest absolute Gasteiger partial charge is 0.335 e. The molecule has 3 rings (SSSR count). The first-order valence-corrected chi connectivity index (χ1v) is 6.16. The Morgan fingerprint density at radius 3 is 2.28 bits per heavy atom. The summed E-state index contributed by atoms with van der Waals surface area (Å²) in [5.41, 5.74) is 5.51. The summed E-state index contributed by atoms with van der Waals surface area (Å²) in [4.78, 5) is 11.0. The molecule has 0 radical (unpaired) electrons. The quantitative estimate of drug-likeness (QED) is 0.829. The van der Waals surface area contributed by atoms with E-state index in [1.807, 2.05) is 18.2 Å². The molecule has 1 N–H and O–H groups in total. The summed E-state index contributed by atoms with van der Waals surface area (Å²) in [7, 11) is 0. The normalized spacial score (nSPS) is 13.3. The van der Waals surface area contributed by atoms with E-state index in [1.165, 1.54) is 16.7 Å². The molecule has 0 saturated heterocycles. The predicted octanol–water partition coefficient (Wildman–Crippen LogP) is 3.07. The third kappa shape index (κ3) is 1.90. The lowest BCUT2D eigenvalue weighted by atomic mass is 9.98.